The second-order valence-corrected chi connectivity index (χ2v) is 17.7. The van der Waals surface area contributed by atoms with Crippen LogP contribution in [0, 0.1) is 0 Å². The Labute approximate surface area is 346 Å². The van der Waals surface area contributed by atoms with Gasteiger partial charge in [-0.2, -0.15) is 0 Å². The van der Waals surface area contributed by atoms with E-state index in [-0.39, 0.29) is 13.0 Å². The van der Waals surface area contributed by atoms with Crippen molar-refractivity contribution in [2.45, 2.75) is 243 Å². The maximum absolute atomic E-state index is 12.8. The van der Waals surface area contributed by atoms with Crippen molar-refractivity contribution in [3.63, 3.8) is 0 Å². The minimum atomic E-state index is -5.00. The van der Waals surface area contributed by atoms with Gasteiger partial charge in [-0.25, -0.2) is 4.57 Å². The molecule has 1 aliphatic rings. The lowest BCUT2D eigenvalue weighted by Crippen LogP contribution is -2.64. The number of aliphatic hydroxyl groups is 5. The van der Waals surface area contributed by atoms with Crippen LogP contribution in [0.3, 0.4) is 0 Å². The van der Waals surface area contributed by atoms with Crippen LogP contribution in [-0.2, 0) is 27.9 Å². The zero-order valence-corrected chi connectivity index (χ0v) is 36.8. The minimum absolute atomic E-state index is 0.0729. The van der Waals surface area contributed by atoms with Gasteiger partial charge in [0.25, 0.3) is 0 Å². The maximum Gasteiger partial charge on any atom is 0.472 e. The van der Waals surface area contributed by atoms with Gasteiger partial charge in [0.1, 0.15) is 42.7 Å². The van der Waals surface area contributed by atoms with E-state index in [9.17, 15) is 39.8 Å². The van der Waals surface area contributed by atoms with Crippen molar-refractivity contribution in [3.8, 4) is 0 Å². The quantitative estimate of drug-likeness (QED) is 0.0149. The van der Waals surface area contributed by atoms with E-state index in [0.717, 1.165) is 38.5 Å². The third kappa shape index (κ3) is 28.3. The van der Waals surface area contributed by atoms with Crippen LogP contribution in [0.4, 0.5) is 0 Å². The summed E-state index contributed by atoms with van der Waals surface area (Å²) in [6.45, 7) is 4.23. The van der Waals surface area contributed by atoms with Gasteiger partial charge in [-0.15, -0.1) is 0 Å². The fourth-order valence-electron chi connectivity index (χ4n) is 7.17. The maximum atomic E-state index is 12.8. The molecule has 0 saturated heterocycles. The van der Waals surface area contributed by atoms with Crippen LogP contribution in [0.25, 0.3) is 0 Å². The Bertz CT molecular complexity index is 1000. The SMILES string of the molecule is CCCCCCCCCC/C=C\CCCCCCCCCCCCOCC(COP(=O)(O)OC1C(O)C(O)C(O)C(O)C1O)OC(=O)CCCCCCCCCC. The molecule has 0 bridgehead atoms. The topological polar surface area (TPSA) is 192 Å². The Morgan fingerprint density at radius 2 is 0.930 bits per heavy atom. The number of carbonyl (C=O) groups excluding carboxylic acids is 1. The molecular formula is C44H85O12P. The molecule has 57 heavy (non-hydrogen) atoms. The molecule has 6 N–H and O–H groups in total. The molecule has 1 aliphatic carbocycles. The van der Waals surface area contributed by atoms with Gasteiger partial charge in [-0.1, -0.05) is 167 Å². The Morgan fingerprint density at radius 3 is 1.39 bits per heavy atom. The van der Waals surface area contributed by atoms with E-state index >= 15 is 0 Å². The summed E-state index contributed by atoms with van der Waals surface area (Å²) in [6, 6.07) is 0. The van der Waals surface area contributed by atoms with Crippen molar-refractivity contribution < 1.29 is 58.3 Å². The van der Waals surface area contributed by atoms with Crippen LogP contribution in [-0.4, -0.2) is 98.9 Å². The van der Waals surface area contributed by atoms with Crippen molar-refractivity contribution in [3.05, 3.63) is 12.2 Å². The number of phosphoric ester groups is 1. The first-order chi connectivity index (χ1) is 27.5. The third-order valence-corrected chi connectivity index (χ3v) is 11.9. The minimum Gasteiger partial charge on any atom is -0.457 e. The summed E-state index contributed by atoms with van der Waals surface area (Å²) in [4.78, 5) is 23.0. The van der Waals surface area contributed by atoms with Crippen molar-refractivity contribution in [1.82, 2.24) is 0 Å². The van der Waals surface area contributed by atoms with E-state index in [1.807, 2.05) is 0 Å². The predicted octanol–water partition coefficient (Wildman–Crippen LogP) is 9.14. The normalized spacial score (nSPS) is 22.9. The van der Waals surface area contributed by atoms with Gasteiger partial charge in [0.15, 0.2) is 0 Å². The van der Waals surface area contributed by atoms with Crippen LogP contribution in [0.5, 0.6) is 0 Å². The first-order valence-corrected chi connectivity index (χ1v) is 24.5. The van der Waals surface area contributed by atoms with E-state index in [1.54, 1.807) is 0 Å². The molecule has 0 aromatic carbocycles. The standard InChI is InChI=1S/C44H85O12P/c1-3-5-7-9-11-13-14-15-16-17-18-19-20-21-22-23-24-25-26-28-30-32-34-53-35-37(55-38(45)33-31-29-27-12-10-8-6-4-2)36-54-57(51,52)56-44-42(49)40(47)39(46)41(48)43(44)50/h17-18,37,39-44,46-50H,3-16,19-36H2,1-2H3,(H,51,52)/b18-17-. The van der Waals surface area contributed by atoms with Crippen LogP contribution < -0.4 is 0 Å². The number of allylic oxidation sites excluding steroid dienone is 2. The predicted molar refractivity (Wildman–Crippen MR) is 226 cm³/mol. The van der Waals surface area contributed by atoms with Crippen LogP contribution in [0.15, 0.2) is 12.2 Å². The summed E-state index contributed by atoms with van der Waals surface area (Å²) in [5.41, 5.74) is 0. The fourth-order valence-corrected chi connectivity index (χ4v) is 8.15. The van der Waals surface area contributed by atoms with E-state index in [0.29, 0.717) is 13.0 Å². The fraction of sp³-hybridized carbons (Fsp3) is 0.932. The van der Waals surface area contributed by atoms with E-state index < -0.39 is 63.1 Å². The number of rotatable bonds is 39. The Hall–Kier alpha value is -0.920. The molecule has 0 radical (unpaired) electrons. The average Bonchev–Trinajstić information content (AvgIpc) is 3.19. The number of phosphoric acid groups is 1. The first kappa shape index (κ1) is 54.1. The van der Waals surface area contributed by atoms with Crippen LogP contribution >= 0.6 is 7.82 Å². The van der Waals surface area contributed by atoms with E-state index in [2.05, 4.69) is 26.0 Å². The molecule has 12 nitrogen and oxygen atoms in total. The number of hydrogen-bond acceptors (Lipinski definition) is 11. The molecule has 0 aromatic rings. The van der Waals surface area contributed by atoms with Gasteiger partial charge in [-0.05, 0) is 38.5 Å². The lowest BCUT2D eigenvalue weighted by atomic mass is 9.85. The highest BCUT2D eigenvalue weighted by Crippen LogP contribution is 2.47. The monoisotopic (exact) mass is 837 g/mol. The van der Waals surface area contributed by atoms with Gasteiger partial charge in [0.05, 0.1) is 13.2 Å². The smallest absolute Gasteiger partial charge is 0.457 e. The number of ether oxygens (including phenoxy) is 2. The number of esters is 1. The lowest BCUT2D eigenvalue weighted by Gasteiger charge is -2.41. The molecule has 0 heterocycles. The molecule has 0 aromatic heterocycles. The summed E-state index contributed by atoms with van der Waals surface area (Å²) >= 11 is 0. The zero-order chi connectivity index (χ0) is 42.0. The largest absolute Gasteiger partial charge is 0.472 e. The van der Waals surface area contributed by atoms with Gasteiger partial charge in [0.2, 0.25) is 0 Å². The van der Waals surface area contributed by atoms with Crippen molar-refractivity contribution in [2.24, 2.45) is 0 Å². The number of carbonyl (C=O) groups is 1. The first-order valence-electron chi connectivity index (χ1n) is 23.0. The summed E-state index contributed by atoms with van der Waals surface area (Å²) < 4.78 is 34.0. The second kappa shape index (κ2) is 35.8. The summed E-state index contributed by atoms with van der Waals surface area (Å²) in [5, 5.41) is 50.0. The Balaban J connectivity index is 2.28. The van der Waals surface area contributed by atoms with Crippen LogP contribution in [0.2, 0.25) is 0 Å². The molecule has 1 saturated carbocycles. The highest BCUT2D eigenvalue weighted by molar-refractivity contribution is 7.47. The molecule has 0 amide bonds. The summed E-state index contributed by atoms with van der Waals surface area (Å²) in [6.07, 6.45) is 26.0. The lowest BCUT2D eigenvalue weighted by molar-refractivity contribution is -0.220. The van der Waals surface area contributed by atoms with Gasteiger partial charge < -0.3 is 39.9 Å². The van der Waals surface area contributed by atoms with Gasteiger partial charge in [0, 0.05) is 13.0 Å². The number of hydrogen-bond donors (Lipinski definition) is 6. The van der Waals surface area contributed by atoms with E-state index in [4.69, 9.17) is 18.5 Å². The van der Waals surface area contributed by atoms with Crippen molar-refractivity contribution in [2.75, 3.05) is 19.8 Å². The highest BCUT2D eigenvalue weighted by Gasteiger charge is 2.51. The van der Waals surface area contributed by atoms with Crippen LogP contribution in [0.1, 0.15) is 200 Å². The van der Waals surface area contributed by atoms with Crippen molar-refractivity contribution >= 4 is 13.8 Å². The summed E-state index contributed by atoms with van der Waals surface area (Å²) in [7, 11) is -5.00. The molecule has 1 fully saturated rings. The van der Waals surface area contributed by atoms with E-state index in [1.165, 1.54) is 135 Å². The molecule has 338 valence electrons. The second-order valence-electron chi connectivity index (χ2n) is 16.3. The molecular weight excluding hydrogens is 751 g/mol. The Morgan fingerprint density at radius 1 is 0.544 bits per heavy atom. The number of aliphatic hydroxyl groups excluding tert-OH is 5. The highest BCUT2D eigenvalue weighted by atomic mass is 31.2. The average molecular weight is 837 g/mol. The molecule has 6 unspecified atom stereocenters. The van der Waals surface area contributed by atoms with Crippen molar-refractivity contribution in [1.29, 1.82) is 0 Å². The molecule has 0 spiro atoms. The molecule has 0 aliphatic heterocycles. The number of unbranched alkanes of at least 4 members (excludes halogenated alkanes) is 25. The van der Waals surface area contributed by atoms with Gasteiger partial charge in [-0.3, -0.25) is 13.8 Å². The Kier molecular flexibility index (Phi) is 34.0. The molecule has 13 heteroatoms. The summed E-state index contributed by atoms with van der Waals surface area (Å²) in [5.74, 6) is -0.480. The molecule has 6 atom stereocenters. The van der Waals surface area contributed by atoms with Gasteiger partial charge >= 0.3 is 13.8 Å². The zero-order valence-electron chi connectivity index (χ0n) is 35.9. The molecule has 1 rings (SSSR count). The third-order valence-electron chi connectivity index (χ3n) is 10.9.